The highest BCUT2D eigenvalue weighted by Crippen LogP contribution is 2.41. The molecule has 2 bridgehead atoms. The van der Waals surface area contributed by atoms with Gasteiger partial charge in [-0.2, -0.15) is 0 Å². The van der Waals surface area contributed by atoms with E-state index in [1.54, 1.807) is 6.42 Å². The number of piperidine rings is 2. The Hall–Kier alpha value is -1.00. The number of rotatable bonds is 3. The summed E-state index contributed by atoms with van der Waals surface area (Å²) in [4.78, 5) is 15.2. The van der Waals surface area contributed by atoms with E-state index in [-0.39, 0.29) is 5.91 Å². The zero-order valence-corrected chi connectivity index (χ0v) is 14.4. The van der Waals surface area contributed by atoms with Crippen molar-refractivity contribution in [1.29, 1.82) is 0 Å². The predicted octanol–water partition coefficient (Wildman–Crippen LogP) is 3.03. The van der Waals surface area contributed by atoms with Gasteiger partial charge in [-0.1, -0.05) is 12.1 Å². The van der Waals surface area contributed by atoms with Gasteiger partial charge in [-0.05, 0) is 56.8 Å². The van der Waals surface area contributed by atoms with Crippen molar-refractivity contribution in [3.05, 3.63) is 42.7 Å². The largest absolute Gasteiger partial charge is 0.355 e. The van der Waals surface area contributed by atoms with Gasteiger partial charge in [0.1, 0.15) is 0 Å². The van der Waals surface area contributed by atoms with Gasteiger partial charge in [-0.3, -0.25) is 4.79 Å². The fourth-order valence-corrected chi connectivity index (χ4v) is 5.53. The fraction of sp³-hybridized carbons (Fsp3) is 0.526. The van der Waals surface area contributed by atoms with Gasteiger partial charge in [-0.25, -0.2) is 0 Å². The maximum Gasteiger partial charge on any atom is 0.224 e. The predicted molar refractivity (Wildman–Crippen MR) is 94.2 cm³/mol. The van der Waals surface area contributed by atoms with E-state index in [9.17, 15) is 4.79 Å². The molecular weight excluding hydrogens is 304 g/mol. The van der Waals surface area contributed by atoms with Crippen molar-refractivity contribution in [2.24, 2.45) is 0 Å². The van der Waals surface area contributed by atoms with Crippen molar-refractivity contribution in [2.45, 2.75) is 53.8 Å². The first-order chi connectivity index (χ1) is 11.2. The topological polar surface area (TPSA) is 32.3 Å². The van der Waals surface area contributed by atoms with Crippen LogP contribution in [0.3, 0.4) is 0 Å². The Morgan fingerprint density at radius 2 is 1.83 bits per heavy atom. The quantitative estimate of drug-likeness (QED) is 0.926. The number of carbonyl (C=O) groups excluding carboxylic acids is 1. The van der Waals surface area contributed by atoms with E-state index in [1.165, 1.54) is 36.1 Å². The Morgan fingerprint density at radius 1 is 1.13 bits per heavy atom. The zero-order chi connectivity index (χ0) is 15.8. The molecule has 0 aromatic heterocycles. The number of nitrogens with zero attached hydrogens (tertiary/aromatic N) is 1. The molecule has 3 saturated heterocycles. The smallest absolute Gasteiger partial charge is 0.224 e. The number of hydrogen-bond acceptors (Lipinski definition) is 3. The first kappa shape index (κ1) is 15.5. The van der Waals surface area contributed by atoms with Crippen LogP contribution >= 0.6 is 11.8 Å². The number of fused-ring (bicyclic) bond motifs is 2. The van der Waals surface area contributed by atoms with E-state index >= 15 is 0 Å². The van der Waals surface area contributed by atoms with Crippen LogP contribution in [0.25, 0.3) is 0 Å². The van der Waals surface area contributed by atoms with Crippen LogP contribution < -0.4 is 5.32 Å². The van der Waals surface area contributed by atoms with Gasteiger partial charge in [-0.15, -0.1) is 11.8 Å². The average Bonchev–Trinajstić information content (AvgIpc) is 2.78. The second-order valence-corrected chi connectivity index (χ2v) is 8.42. The molecule has 3 atom stereocenters. The van der Waals surface area contributed by atoms with E-state index in [1.807, 2.05) is 6.42 Å². The lowest BCUT2D eigenvalue weighted by Crippen LogP contribution is -2.40. The van der Waals surface area contributed by atoms with Crippen molar-refractivity contribution in [1.82, 2.24) is 10.2 Å². The third-order valence-electron chi connectivity index (χ3n) is 5.64. The summed E-state index contributed by atoms with van der Waals surface area (Å²) in [7, 11) is 2.30. The maximum absolute atomic E-state index is 11.2. The lowest BCUT2D eigenvalue weighted by atomic mass is 9.91. The minimum atomic E-state index is 0.0188. The van der Waals surface area contributed by atoms with Gasteiger partial charge in [0.15, 0.2) is 0 Å². The Labute approximate surface area is 143 Å². The second kappa shape index (κ2) is 6.48. The highest BCUT2D eigenvalue weighted by molar-refractivity contribution is 8.00. The fourth-order valence-electron chi connectivity index (χ4n) is 4.21. The molecule has 0 aliphatic carbocycles. The lowest BCUT2D eigenvalue weighted by molar-refractivity contribution is -0.118. The van der Waals surface area contributed by atoms with E-state index < -0.39 is 0 Å². The normalized spacial score (nSPS) is 34.4. The third kappa shape index (κ3) is 3.29. The molecular formula is C19H24N2OS. The summed E-state index contributed by atoms with van der Waals surface area (Å²) in [5, 5.41) is 3.66. The van der Waals surface area contributed by atoms with Crippen molar-refractivity contribution >= 4 is 17.7 Å². The molecule has 1 aromatic rings. The molecule has 1 amide bonds. The van der Waals surface area contributed by atoms with Crippen LogP contribution in [-0.2, 0) is 4.79 Å². The number of thioether (sulfide) groups is 1. The van der Waals surface area contributed by atoms with Crippen LogP contribution in [0.2, 0.25) is 0 Å². The van der Waals surface area contributed by atoms with Gasteiger partial charge in [0, 0.05) is 34.7 Å². The summed E-state index contributed by atoms with van der Waals surface area (Å²) >= 11 is 2.06. The molecule has 4 heteroatoms. The molecule has 3 nitrogen and oxygen atoms in total. The molecule has 3 fully saturated rings. The molecule has 2 radical (unpaired) electrons. The van der Waals surface area contributed by atoms with Crippen LogP contribution in [-0.4, -0.2) is 41.7 Å². The summed E-state index contributed by atoms with van der Waals surface area (Å²) in [6.45, 7) is 0.708. The summed E-state index contributed by atoms with van der Waals surface area (Å²) in [5.74, 6) is 0.330. The van der Waals surface area contributed by atoms with Crippen molar-refractivity contribution in [2.75, 3.05) is 13.6 Å². The summed E-state index contributed by atoms with van der Waals surface area (Å²) in [6.07, 6.45) is 9.09. The Morgan fingerprint density at radius 3 is 2.43 bits per heavy atom. The molecule has 0 spiro atoms. The van der Waals surface area contributed by atoms with Crippen LogP contribution in [0.4, 0.5) is 0 Å². The molecule has 1 N–H and O–H groups in total. The minimum absolute atomic E-state index is 0.0188. The third-order valence-corrected chi connectivity index (χ3v) is 6.90. The zero-order valence-electron chi connectivity index (χ0n) is 13.6. The number of benzene rings is 1. The summed E-state index contributed by atoms with van der Waals surface area (Å²) in [6, 6.07) is 10.6. The van der Waals surface area contributed by atoms with E-state index in [0.717, 1.165) is 17.3 Å². The SMILES string of the molecule is CN1C2CCC1CC(Sc1ccc(C3[CH][CH]C(=O)NC3)cc1)C2. The molecule has 23 heavy (non-hydrogen) atoms. The second-order valence-electron chi connectivity index (χ2n) is 7.04. The molecule has 3 heterocycles. The van der Waals surface area contributed by atoms with E-state index in [2.05, 4.69) is 53.3 Å². The number of hydrogen-bond donors (Lipinski definition) is 1. The van der Waals surface area contributed by atoms with Crippen molar-refractivity contribution in [3.63, 3.8) is 0 Å². The first-order valence-corrected chi connectivity index (χ1v) is 9.51. The van der Waals surface area contributed by atoms with Gasteiger partial charge < -0.3 is 10.2 Å². The van der Waals surface area contributed by atoms with Crippen molar-refractivity contribution < 1.29 is 4.79 Å². The minimum Gasteiger partial charge on any atom is -0.355 e. The number of nitrogens with one attached hydrogen (secondary N) is 1. The van der Waals surface area contributed by atoms with E-state index in [4.69, 9.17) is 0 Å². The monoisotopic (exact) mass is 328 g/mol. The first-order valence-electron chi connectivity index (χ1n) is 8.63. The van der Waals surface area contributed by atoms with Gasteiger partial charge in [0.25, 0.3) is 0 Å². The Balaban J connectivity index is 1.36. The summed E-state index contributed by atoms with van der Waals surface area (Å²) in [5.41, 5.74) is 1.29. The van der Waals surface area contributed by atoms with Gasteiger partial charge >= 0.3 is 0 Å². The number of amides is 1. The molecule has 0 saturated carbocycles. The van der Waals surface area contributed by atoms with Crippen LogP contribution in [0.5, 0.6) is 0 Å². The Bertz CT molecular complexity index is 549. The molecule has 122 valence electrons. The van der Waals surface area contributed by atoms with Gasteiger partial charge in [0.05, 0.1) is 6.42 Å². The molecule has 4 rings (SSSR count). The lowest BCUT2D eigenvalue weighted by Gasteiger charge is -2.36. The van der Waals surface area contributed by atoms with Crippen molar-refractivity contribution in [3.8, 4) is 0 Å². The standard InChI is InChI=1S/C19H24N2OS/c1-21-15-5-6-16(21)11-18(10-15)23-17-7-2-13(3-8-17)14-4-9-19(22)20-12-14/h2-4,7-9,14-16,18H,5-6,10-12H2,1H3,(H,20,22). The van der Waals surface area contributed by atoms with Gasteiger partial charge in [0.2, 0.25) is 5.91 Å². The van der Waals surface area contributed by atoms with Crippen LogP contribution in [0.15, 0.2) is 29.2 Å². The molecule has 3 aliphatic rings. The summed E-state index contributed by atoms with van der Waals surface area (Å²) < 4.78 is 0. The molecule has 1 aromatic carbocycles. The maximum atomic E-state index is 11.2. The Kier molecular flexibility index (Phi) is 4.37. The number of carbonyl (C=O) groups is 1. The molecule has 3 unspecified atom stereocenters. The van der Waals surface area contributed by atoms with Crippen LogP contribution in [0, 0.1) is 12.8 Å². The highest BCUT2D eigenvalue weighted by Gasteiger charge is 2.38. The average molecular weight is 328 g/mol. The van der Waals surface area contributed by atoms with E-state index in [0.29, 0.717) is 12.5 Å². The molecule has 3 aliphatic heterocycles. The van der Waals surface area contributed by atoms with Crippen LogP contribution in [0.1, 0.15) is 37.2 Å². The highest BCUT2D eigenvalue weighted by atomic mass is 32.2.